The lowest BCUT2D eigenvalue weighted by molar-refractivity contribution is -0.144. The van der Waals surface area contributed by atoms with Crippen molar-refractivity contribution in [3.05, 3.63) is 88.7 Å². The number of methoxy groups -OCH3 is 1. The predicted octanol–water partition coefficient (Wildman–Crippen LogP) is 4.55. The van der Waals surface area contributed by atoms with Gasteiger partial charge >= 0.3 is 5.97 Å². The van der Waals surface area contributed by atoms with Gasteiger partial charge in [-0.05, 0) is 49.4 Å². The van der Waals surface area contributed by atoms with Gasteiger partial charge in [-0.1, -0.05) is 30.3 Å². The summed E-state index contributed by atoms with van der Waals surface area (Å²) < 4.78 is 18.2. The van der Waals surface area contributed by atoms with Crippen molar-refractivity contribution in [2.24, 2.45) is 5.10 Å². The van der Waals surface area contributed by atoms with Crippen LogP contribution in [0.4, 0.5) is 0 Å². The molecular formula is C27H21N3O6. The fraction of sp³-hybridized carbons (Fsp3) is 0.111. The molecule has 5 aromatic rings. The SMILES string of the molecule is COc1cccc2oc(-c3nc4ccccc4c(=O)n3N=Cc3ccccc3O[C@H](C)C(=O)O)cc12. The Morgan fingerprint density at radius 2 is 1.81 bits per heavy atom. The van der Waals surface area contributed by atoms with Gasteiger partial charge in [0, 0.05) is 5.56 Å². The lowest BCUT2D eigenvalue weighted by Crippen LogP contribution is -2.23. The van der Waals surface area contributed by atoms with Crippen molar-refractivity contribution in [3.8, 4) is 23.1 Å². The predicted molar refractivity (Wildman–Crippen MR) is 135 cm³/mol. The van der Waals surface area contributed by atoms with Gasteiger partial charge in [0.2, 0.25) is 5.82 Å². The molecule has 9 nitrogen and oxygen atoms in total. The van der Waals surface area contributed by atoms with Crippen LogP contribution in [0.15, 0.2) is 87.1 Å². The number of aromatic nitrogens is 2. The van der Waals surface area contributed by atoms with Gasteiger partial charge in [0.1, 0.15) is 17.1 Å². The summed E-state index contributed by atoms with van der Waals surface area (Å²) in [5.41, 5.74) is 1.17. The zero-order valence-corrected chi connectivity index (χ0v) is 19.4. The van der Waals surface area contributed by atoms with Crippen LogP contribution >= 0.6 is 0 Å². The Hall–Kier alpha value is -4.92. The molecular weight excluding hydrogens is 462 g/mol. The van der Waals surface area contributed by atoms with Gasteiger partial charge in [0.25, 0.3) is 5.56 Å². The van der Waals surface area contributed by atoms with Crippen molar-refractivity contribution < 1.29 is 23.8 Å². The Balaban J connectivity index is 1.67. The zero-order chi connectivity index (χ0) is 25.2. The number of hydrogen-bond donors (Lipinski definition) is 1. The van der Waals surface area contributed by atoms with E-state index in [1.54, 1.807) is 67.8 Å². The summed E-state index contributed by atoms with van der Waals surface area (Å²) in [6.45, 7) is 1.43. The standard InChI is InChI=1S/C27H21N3O6/c1-16(27(32)33)35-21-11-6-3-8-17(21)15-28-30-25(29-20-10-5-4-9-18(20)26(30)31)24-14-19-22(34-2)12-7-13-23(19)36-24/h3-16H,1-2H3,(H,32,33)/t16-/m1/s1. The average molecular weight is 483 g/mol. The largest absolute Gasteiger partial charge is 0.496 e. The Morgan fingerprint density at radius 3 is 2.61 bits per heavy atom. The van der Waals surface area contributed by atoms with Gasteiger partial charge in [-0.2, -0.15) is 9.78 Å². The second kappa shape index (κ2) is 9.38. The molecule has 0 aliphatic rings. The molecule has 5 rings (SSSR count). The fourth-order valence-electron chi connectivity index (χ4n) is 3.77. The van der Waals surface area contributed by atoms with Crippen LogP contribution in [-0.2, 0) is 4.79 Å². The van der Waals surface area contributed by atoms with E-state index in [4.69, 9.17) is 13.9 Å². The zero-order valence-electron chi connectivity index (χ0n) is 19.4. The van der Waals surface area contributed by atoms with Crippen LogP contribution in [0.25, 0.3) is 33.5 Å². The highest BCUT2D eigenvalue weighted by atomic mass is 16.5. The maximum Gasteiger partial charge on any atom is 0.344 e. The van der Waals surface area contributed by atoms with E-state index in [0.29, 0.717) is 39.3 Å². The van der Waals surface area contributed by atoms with Crippen LogP contribution in [0.1, 0.15) is 12.5 Å². The van der Waals surface area contributed by atoms with Crippen molar-refractivity contribution in [3.63, 3.8) is 0 Å². The number of carbonyl (C=O) groups is 1. The van der Waals surface area contributed by atoms with Crippen LogP contribution in [0.3, 0.4) is 0 Å². The first-order chi connectivity index (χ1) is 17.5. The summed E-state index contributed by atoms with van der Waals surface area (Å²) in [7, 11) is 1.57. The first-order valence-electron chi connectivity index (χ1n) is 11.1. The van der Waals surface area contributed by atoms with Crippen molar-refractivity contribution >= 4 is 34.1 Å². The molecule has 0 unspecified atom stereocenters. The number of furan rings is 1. The van der Waals surface area contributed by atoms with E-state index in [9.17, 15) is 14.7 Å². The maximum absolute atomic E-state index is 13.5. The topological polar surface area (TPSA) is 116 Å². The molecule has 9 heteroatoms. The first kappa shape index (κ1) is 22.9. The Kier molecular flexibility index (Phi) is 5.95. The van der Waals surface area contributed by atoms with Gasteiger partial charge in [-0.15, -0.1) is 0 Å². The third-order valence-corrected chi connectivity index (χ3v) is 5.60. The number of hydrogen-bond acceptors (Lipinski definition) is 7. The van der Waals surface area contributed by atoms with Crippen molar-refractivity contribution in [1.29, 1.82) is 0 Å². The smallest absolute Gasteiger partial charge is 0.344 e. The van der Waals surface area contributed by atoms with E-state index in [1.807, 2.05) is 12.1 Å². The van der Waals surface area contributed by atoms with E-state index in [-0.39, 0.29) is 5.82 Å². The number of carboxylic acids is 1. The Morgan fingerprint density at radius 1 is 1.06 bits per heavy atom. The molecule has 180 valence electrons. The monoisotopic (exact) mass is 483 g/mol. The van der Waals surface area contributed by atoms with Gasteiger partial charge in [0.05, 0.1) is 29.6 Å². The minimum atomic E-state index is -1.10. The number of para-hydroxylation sites is 2. The summed E-state index contributed by atoms with van der Waals surface area (Å²) in [6, 6.07) is 21.0. The third kappa shape index (κ3) is 4.18. The van der Waals surface area contributed by atoms with Crippen LogP contribution in [0.5, 0.6) is 11.5 Å². The Bertz CT molecular complexity index is 1680. The second-order valence-electron chi connectivity index (χ2n) is 7.93. The number of rotatable bonds is 7. The molecule has 0 saturated heterocycles. The maximum atomic E-state index is 13.5. The molecule has 0 saturated carbocycles. The first-order valence-corrected chi connectivity index (χ1v) is 11.1. The highest BCUT2D eigenvalue weighted by Gasteiger charge is 2.18. The van der Waals surface area contributed by atoms with Crippen molar-refractivity contribution in [2.75, 3.05) is 7.11 Å². The van der Waals surface area contributed by atoms with E-state index in [0.717, 1.165) is 10.1 Å². The molecule has 0 aliphatic heterocycles. The number of aliphatic carboxylic acids is 1. The normalized spacial score (nSPS) is 12.3. The minimum Gasteiger partial charge on any atom is -0.496 e. The number of nitrogens with zero attached hydrogens (tertiary/aromatic N) is 3. The molecule has 0 amide bonds. The highest BCUT2D eigenvalue weighted by Crippen LogP contribution is 2.33. The molecule has 0 bridgehead atoms. The molecule has 1 N–H and O–H groups in total. The third-order valence-electron chi connectivity index (χ3n) is 5.60. The molecule has 0 spiro atoms. The molecule has 3 aromatic carbocycles. The summed E-state index contributed by atoms with van der Waals surface area (Å²) >= 11 is 0. The average Bonchev–Trinajstić information content (AvgIpc) is 3.33. The van der Waals surface area contributed by atoms with Crippen LogP contribution < -0.4 is 15.0 Å². The van der Waals surface area contributed by atoms with Gasteiger partial charge < -0.3 is 19.0 Å². The van der Waals surface area contributed by atoms with Crippen LogP contribution in [0, 0.1) is 0 Å². The molecule has 2 aromatic heterocycles. The second-order valence-corrected chi connectivity index (χ2v) is 7.93. The summed E-state index contributed by atoms with van der Waals surface area (Å²) in [5, 5.41) is 14.7. The quantitative estimate of drug-likeness (QED) is 0.338. The van der Waals surface area contributed by atoms with Crippen LogP contribution in [-0.4, -0.2) is 40.2 Å². The van der Waals surface area contributed by atoms with Gasteiger partial charge in [-0.25, -0.2) is 9.78 Å². The summed E-state index contributed by atoms with van der Waals surface area (Å²) in [4.78, 5) is 29.4. The molecule has 2 heterocycles. The van der Waals surface area contributed by atoms with E-state index in [2.05, 4.69) is 10.1 Å². The summed E-state index contributed by atoms with van der Waals surface area (Å²) in [6.07, 6.45) is 0.361. The highest BCUT2D eigenvalue weighted by molar-refractivity contribution is 5.89. The lowest BCUT2D eigenvalue weighted by atomic mass is 10.2. The summed E-state index contributed by atoms with van der Waals surface area (Å²) in [5.74, 6) is 0.371. The lowest BCUT2D eigenvalue weighted by Gasteiger charge is -2.12. The molecule has 0 fully saturated rings. The van der Waals surface area contributed by atoms with Crippen molar-refractivity contribution in [2.45, 2.75) is 13.0 Å². The van der Waals surface area contributed by atoms with E-state index in [1.165, 1.54) is 13.1 Å². The fourth-order valence-corrected chi connectivity index (χ4v) is 3.77. The molecule has 1 atom stereocenters. The molecule has 0 aliphatic carbocycles. The van der Waals surface area contributed by atoms with Gasteiger partial charge in [0.15, 0.2) is 11.9 Å². The number of carboxylic acid groups (broad SMARTS) is 1. The van der Waals surface area contributed by atoms with E-state index >= 15 is 0 Å². The van der Waals surface area contributed by atoms with E-state index < -0.39 is 17.6 Å². The minimum absolute atomic E-state index is 0.200. The number of benzene rings is 3. The van der Waals surface area contributed by atoms with Crippen molar-refractivity contribution in [1.82, 2.24) is 9.66 Å². The number of ether oxygens (including phenoxy) is 2. The van der Waals surface area contributed by atoms with Crippen LogP contribution in [0.2, 0.25) is 0 Å². The Labute approximate surface area is 204 Å². The van der Waals surface area contributed by atoms with Gasteiger partial charge in [-0.3, -0.25) is 4.79 Å². The molecule has 36 heavy (non-hydrogen) atoms. The number of fused-ring (bicyclic) bond motifs is 2. The molecule has 0 radical (unpaired) electrons.